The third-order valence-electron chi connectivity index (χ3n) is 3.54. The van der Waals surface area contributed by atoms with Gasteiger partial charge in [0.25, 0.3) is 0 Å². The van der Waals surface area contributed by atoms with E-state index in [4.69, 9.17) is 4.52 Å². The summed E-state index contributed by atoms with van der Waals surface area (Å²) >= 11 is 0. The summed E-state index contributed by atoms with van der Waals surface area (Å²) in [5.41, 5.74) is 4.28. The fraction of sp³-hybridized carbons (Fsp3) is 0.538. The predicted octanol–water partition coefficient (Wildman–Crippen LogP) is 1.94. The Morgan fingerprint density at radius 3 is 2.83 bits per heavy atom. The normalized spacial score (nSPS) is 15.3. The van der Waals surface area contributed by atoms with Crippen LogP contribution in [0, 0.1) is 13.8 Å². The van der Waals surface area contributed by atoms with Crippen molar-refractivity contribution in [2.75, 3.05) is 0 Å². The van der Waals surface area contributed by atoms with Gasteiger partial charge in [-0.15, -0.1) is 0 Å². The summed E-state index contributed by atoms with van der Waals surface area (Å²) in [5.74, 6) is 0.853. The molecule has 96 valence electrons. The first kappa shape index (κ1) is 11.5. The number of aromatic nitrogens is 3. The van der Waals surface area contributed by atoms with Gasteiger partial charge in [-0.3, -0.25) is 4.68 Å². The monoisotopic (exact) mass is 246 g/mol. The summed E-state index contributed by atoms with van der Waals surface area (Å²) in [6.07, 6.45) is 4.37. The van der Waals surface area contributed by atoms with Gasteiger partial charge < -0.3 is 9.84 Å². The number of rotatable bonds is 4. The number of nitrogens with zero attached hydrogens (tertiary/aromatic N) is 3. The smallest absolute Gasteiger partial charge is 0.175 e. The van der Waals surface area contributed by atoms with Crippen LogP contribution in [0.5, 0.6) is 0 Å². The quantitative estimate of drug-likeness (QED) is 0.895. The highest BCUT2D eigenvalue weighted by Gasteiger charge is 2.23. The van der Waals surface area contributed by atoms with Gasteiger partial charge in [0.15, 0.2) is 5.76 Å². The van der Waals surface area contributed by atoms with Crippen molar-refractivity contribution >= 4 is 0 Å². The SMILES string of the molecule is Cc1nn(C)c(C)c1-c1oncc1CNC1CC1. The summed E-state index contributed by atoms with van der Waals surface area (Å²) in [6, 6.07) is 0.684. The minimum absolute atomic E-state index is 0.684. The standard InChI is InChI=1S/C13H18N4O/c1-8-12(9(2)17(3)16-8)13-10(7-15-18-13)6-14-11-4-5-11/h7,11,14H,4-6H2,1-3H3. The van der Waals surface area contributed by atoms with Gasteiger partial charge in [-0.1, -0.05) is 5.16 Å². The summed E-state index contributed by atoms with van der Waals surface area (Å²) in [5, 5.41) is 11.8. The molecule has 1 fully saturated rings. The molecule has 0 aromatic carbocycles. The van der Waals surface area contributed by atoms with Crippen LogP contribution >= 0.6 is 0 Å². The molecule has 0 atom stereocenters. The van der Waals surface area contributed by atoms with Gasteiger partial charge in [0.05, 0.1) is 17.5 Å². The molecule has 0 radical (unpaired) electrons. The lowest BCUT2D eigenvalue weighted by Gasteiger charge is -2.03. The van der Waals surface area contributed by atoms with E-state index in [1.165, 1.54) is 12.8 Å². The van der Waals surface area contributed by atoms with Crippen LogP contribution in [0.4, 0.5) is 0 Å². The van der Waals surface area contributed by atoms with Gasteiger partial charge in [0, 0.05) is 30.9 Å². The average molecular weight is 246 g/mol. The Hall–Kier alpha value is -1.62. The molecule has 2 aromatic heterocycles. The summed E-state index contributed by atoms with van der Waals surface area (Å²) in [4.78, 5) is 0. The van der Waals surface area contributed by atoms with Crippen molar-refractivity contribution in [3.63, 3.8) is 0 Å². The van der Waals surface area contributed by atoms with Crippen molar-refractivity contribution < 1.29 is 4.52 Å². The van der Waals surface area contributed by atoms with Crippen LogP contribution < -0.4 is 5.32 Å². The van der Waals surface area contributed by atoms with Crippen LogP contribution in [0.25, 0.3) is 11.3 Å². The van der Waals surface area contributed by atoms with Gasteiger partial charge in [-0.25, -0.2) is 0 Å². The zero-order chi connectivity index (χ0) is 12.7. The highest BCUT2D eigenvalue weighted by molar-refractivity contribution is 5.66. The first-order chi connectivity index (χ1) is 8.66. The largest absolute Gasteiger partial charge is 0.356 e. The van der Waals surface area contributed by atoms with Crippen molar-refractivity contribution in [3.05, 3.63) is 23.1 Å². The average Bonchev–Trinajstić information content (AvgIpc) is 3.00. The Labute approximate surface area is 106 Å². The molecule has 1 saturated carbocycles. The molecule has 0 aliphatic heterocycles. The Bertz CT molecular complexity index is 566. The van der Waals surface area contributed by atoms with E-state index in [1.807, 2.05) is 18.7 Å². The van der Waals surface area contributed by atoms with Crippen molar-refractivity contribution in [2.24, 2.45) is 7.05 Å². The molecule has 1 N–H and O–H groups in total. The molecule has 2 heterocycles. The van der Waals surface area contributed by atoms with Crippen LogP contribution in [-0.2, 0) is 13.6 Å². The second-order valence-corrected chi connectivity index (χ2v) is 5.00. The van der Waals surface area contributed by atoms with E-state index in [0.29, 0.717) is 6.04 Å². The molecule has 1 aliphatic carbocycles. The maximum absolute atomic E-state index is 5.44. The maximum Gasteiger partial charge on any atom is 0.175 e. The Kier molecular flexibility index (Phi) is 2.70. The van der Waals surface area contributed by atoms with E-state index in [0.717, 1.165) is 34.8 Å². The lowest BCUT2D eigenvalue weighted by Crippen LogP contribution is -2.15. The van der Waals surface area contributed by atoms with Gasteiger partial charge in [-0.05, 0) is 26.7 Å². The van der Waals surface area contributed by atoms with E-state index in [2.05, 4.69) is 22.5 Å². The second kappa shape index (κ2) is 4.24. The summed E-state index contributed by atoms with van der Waals surface area (Å²) in [7, 11) is 1.95. The van der Waals surface area contributed by atoms with Crippen LogP contribution in [0.3, 0.4) is 0 Å². The zero-order valence-corrected chi connectivity index (χ0v) is 11.0. The first-order valence-corrected chi connectivity index (χ1v) is 6.34. The van der Waals surface area contributed by atoms with E-state index in [-0.39, 0.29) is 0 Å². The van der Waals surface area contributed by atoms with Crippen molar-refractivity contribution in [1.82, 2.24) is 20.3 Å². The minimum atomic E-state index is 0.684. The van der Waals surface area contributed by atoms with Crippen molar-refractivity contribution in [1.29, 1.82) is 0 Å². The molecule has 18 heavy (non-hydrogen) atoms. The maximum atomic E-state index is 5.44. The van der Waals surface area contributed by atoms with Crippen LogP contribution in [0.2, 0.25) is 0 Å². The third kappa shape index (κ3) is 1.95. The molecule has 0 amide bonds. The van der Waals surface area contributed by atoms with Crippen molar-refractivity contribution in [2.45, 2.75) is 39.3 Å². The van der Waals surface area contributed by atoms with E-state index >= 15 is 0 Å². The van der Waals surface area contributed by atoms with Gasteiger partial charge in [0.1, 0.15) is 0 Å². The highest BCUT2D eigenvalue weighted by Crippen LogP contribution is 2.30. The Balaban J connectivity index is 1.92. The fourth-order valence-electron chi connectivity index (χ4n) is 2.24. The molecule has 2 aromatic rings. The van der Waals surface area contributed by atoms with E-state index < -0.39 is 0 Å². The second-order valence-electron chi connectivity index (χ2n) is 5.00. The molecule has 0 unspecified atom stereocenters. The molecule has 3 rings (SSSR count). The molecule has 5 nitrogen and oxygen atoms in total. The summed E-state index contributed by atoms with van der Waals surface area (Å²) in [6.45, 7) is 4.87. The number of hydrogen-bond acceptors (Lipinski definition) is 4. The topological polar surface area (TPSA) is 55.9 Å². The minimum Gasteiger partial charge on any atom is -0.356 e. The molecular weight excluding hydrogens is 228 g/mol. The van der Waals surface area contributed by atoms with Gasteiger partial charge >= 0.3 is 0 Å². The van der Waals surface area contributed by atoms with Crippen LogP contribution in [0.1, 0.15) is 29.8 Å². The molecule has 1 aliphatic rings. The van der Waals surface area contributed by atoms with E-state index in [9.17, 15) is 0 Å². The molecule has 5 heteroatoms. The lowest BCUT2D eigenvalue weighted by atomic mass is 10.1. The fourth-order valence-corrected chi connectivity index (χ4v) is 2.24. The van der Waals surface area contributed by atoms with Gasteiger partial charge in [-0.2, -0.15) is 5.10 Å². The Morgan fingerprint density at radius 1 is 1.44 bits per heavy atom. The van der Waals surface area contributed by atoms with Crippen LogP contribution in [-0.4, -0.2) is 21.0 Å². The van der Waals surface area contributed by atoms with Crippen LogP contribution in [0.15, 0.2) is 10.7 Å². The number of hydrogen-bond donors (Lipinski definition) is 1. The highest BCUT2D eigenvalue weighted by atomic mass is 16.5. The molecular formula is C13H18N4O. The zero-order valence-electron chi connectivity index (χ0n) is 11.0. The number of aryl methyl sites for hydroxylation is 2. The van der Waals surface area contributed by atoms with Crippen molar-refractivity contribution in [3.8, 4) is 11.3 Å². The predicted molar refractivity (Wildman–Crippen MR) is 68.0 cm³/mol. The molecule has 0 bridgehead atoms. The van der Waals surface area contributed by atoms with E-state index in [1.54, 1.807) is 6.20 Å². The molecule has 0 spiro atoms. The number of nitrogens with one attached hydrogen (secondary N) is 1. The molecule has 0 saturated heterocycles. The van der Waals surface area contributed by atoms with Gasteiger partial charge in [0.2, 0.25) is 0 Å². The first-order valence-electron chi connectivity index (χ1n) is 6.34. The third-order valence-corrected chi connectivity index (χ3v) is 3.54. The lowest BCUT2D eigenvalue weighted by molar-refractivity contribution is 0.431. The summed E-state index contributed by atoms with van der Waals surface area (Å²) < 4.78 is 7.32. The Morgan fingerprint density at radius 2 is 2.22 bits per heavy atom.